The number of rotatable bonds is 5. The molecule has 1 aliphatic heterocycles. The average molecular weight is 402 g/mol. The topological polar surface area (TPSA) is 108 Å². The van der Waals surface area contributed by atoms with E-state index in [-0.39, 0.29) is 5.95 Å². The van der Waals surface area contributed by atoms with E-state index in [9.17, 15) is 0 Å². The normalized spacial score (nSPS) is 15.9. The van der Waals surface area contributed by atoms with E-state index in [0.717, 1.165) is 38.2 Å². The molecular formula is C19H24ClN7O. The Morgan fingerprint density at radius 2 is 2.00 bits per heavy atom. The van der Waals surface area contributed by atoms with Crippen molar-refractivity contribution in [2.45, 2.75) is 32.4 Å². The molecule has 3 aromatic rings. The third-order valence-corrected chi connectivity index (χ3v) is 5.43. The number of nitrogens with zero attached hydrogens (tertiary/aromatic N) is 5. The summed E-state index contributed by atoms with van der Waals surface area (Å²) in [5.74, 6) is 1.25. The fourth-order valence-corrected chi connectivity index (χ4v) is 3.92. The molecule has 0 radical (unpaired) electrons. The van der Waals surface area contributed by atoms with E-state index in [0.29, 0.717) is 34.7 Å². The smallest absolute Gasteiger partial charge is 0.224 e. The number of piperidine rings is 1. The van der Waals surface area contributed by atoms with E-state index >= 15 is 0 Å². The van der Waals surface area contributed by atoms with E-state index in [2.05, 4.69) is 30.5 Å². The Balaban J connectivity index is 1.43. The quantitative estimate of drug-likeness (QED) is 0.676. The van der Waals surface area contributed by atoms with Crippen LogP contribution in [0.5, 0.6) is 5.75 Å². The monoisotopic (exact) mass is 401 g/mol. The molecule has 2 aromatic heterocycles. The molecule has 1 fully saturated rings. The maximum absolute atomic E-state index is 6.19. The molecule has 0 amide bonds. The van der Waals surface area contributed by atoms with Crippen molar-refractivity contribution < 1.29 is 4.74 Å². The number of nitrogen functional groups attached to an aromatic ring is 2. The van der Waals surface area contributed by atoms with Crippen LogP contribution in [0.3, 0.4) is 0 Å². The zero-order chi connectivity index (χ0) is 19.7. The van der Waals surface area contributed by atoms with Gasteiger partial charge in [-0.1, -0.05) is 17.7 Å². The van der Waals surface area contributed by atoms with Crippen LogP contribution in [0.15, 0.2) is 24.5 Å². The summed E-state index contributed by atoms with van der Waals surface area (Å²) >= 11 is 6.19. The number of fused-ring (bicyclic) bond motifs is 1. The Kier molecular flexibility index (Phi) is 5.23. The predicted octanol–water partition coefficient (Wildman–Crippen LogP) is 2.88. The van der Waals surface area contributed by atoms with Crippen LogP contribution >= 0.6 is 11.6 Å². The number of aromatic nitrogens is 4. The Morgan fingerprint density at radius 1 is 1.21 bits per heavy atom. The lowest BCUT2D eigenvalue weighted by Gasteiger charge is -2.32. The maximum atomic E-state index is 6.19. The first-order valence-corrected chi connectivity index (χ1v) is 9.82. The third kappa shape index (κ3) is 3.70. The molecule has 28 heavy (non-hydrogen) atoms. The summed E-state index contributed by atoms with van der Waals surface area (Å²) in [5, 5.41) is 0.650. The van der Waals surface area contributed by atoms with E-state index in [1.807, 2.05) is 19.1 Å². The first kappa shape index (κ1) is 18.8. The number of nitrogens with two attached hydrogens (primary N) is 2. The summed E-state index contributed by atoms with van der Waals surface area (Å²) in [6.07, 6.45) is 3.80. The summed E-state index contributed by atoms with van der Waals surface area (Å²) in [4.78, 5) is 15.1. The summed E-state index contributed by atoms with van der Waals surface area (Å²) in [5.41, 5.74) is 14.2. The van der Waals surface area contributed by atoms with Crippen molar-refractivity contribution in [3.8, 4) is 5.75 Å². The van der Waals surface area contributed by atoms with Gasteiger partial charge in [0.1, 0.15) is 11.3 Å². The minimum atomic E-state index is 0.178. The number of hydrogen-bond acceptors (Lipinski definition) is 7. The van der Waals surface area contributed by atoms with E-state index in [4.69, 9.17) is 27.8 Å². The van der Waals surface area contributed by atoms with Crippen LogP contribution in [0, 0.1) is 0 Å². The maximum Gasteiger partial charge on any atom is 0.224 e. The van der Waals surface area contributed by atoms with E-state index < -0.39 is 0 Å². The van der Waals surface area contributed by atoms with Gasteiger partial charge in [-0.05, 0) is 37.5 Å². The van der Waals surface area contributed by atoms with E-state index in [1.165, 1.54) is 5.56 Å². The fourth-order valence-electron chi connectivity index (χ4n) is 3.75. The second kappa shape index (κ2) is 7.81. The molecule has 9 heteroatoms. The molecule has 3 heterocycles. The second-order valence-corrected chi connectivity index (χ2v) is 7.40. The molecule has 4 N–H and O–H groups in total. The number of ether oxygens (including phenoxy) is 1. The minimum Gasteiger partial charge on any atom is -0.492 e. The summed E-state index contributed by atoms with van der Waals surface area (Å²) in [6.45, 7) is 5.39. The van der Waals surface area contributed by atoms with Crippen molar-refractivity contribution in [1.29, 1.82) is 0 Å². The molecule has 1 aromatic carbocycles. The molecular weight excluding hydrogens is 378 g/mol. The van der Waals surface area contributed by atoms with Crippen LogP contribution in [0.4, 0.5) is 11.8 Å². The molecule has 0 bridgehead atoms. The van der Waals surface area contributed by atoms with Gasteiger partial charge in [-0.3, -0.25) is 4.90 Å². The number of benzene rings is 1. The Bertz CT molecular complexity index is 982. The van der Waals surface area contributed by atoms with Gasteiger partial charge in [0.25, 0.3) is 0 Å². The Morgan fingerprint density at radius 3 is 2.75 bits per heavy atom. The van der Waals surface area contributed by atoms with Crippen molar-refractivity contribution in [3.63, 3.8) is 0 Å². The van der Waals surface area contributed by atoms with Crippen LogP contribution < -0.4 is 16.2 Å². The van der Waals surface area contributed by atoms with Crippen molar-refractivity contribution >= 4 is 34.5 Å². The van der Waals surface area contributed by atoms with Crippen molar-refractivity contribution in [1.82, 2.24) is 24.4 Å². The van der Waals surface area contributed by atoms with Gasteiger partial charge in [0.05, 0.1) is 18.0 Å². The highest BCUT2D eigenvalue weighted by Gasteiger charge is 2.23. The Labute approximate surface area is 168 Å². The molecule has 0 saturated carbocycles. The van der Waals surface area contributed by atoms with Crippen LogP contribution in [0.2, 0.25) is 5.02 Å². The third-order valence-electron chi connectivity index (χ3n) is 5.12. The SMILES string of the molecule is CCOc1cc(CN2CCC(n3cnc4c(N)nc(N)nc43)CC2)ccc1Cl. The predicted molar refractivity (Wildman–Crippen MR) is 110 cm³/mol. The van der Waals surface area contributed by atoms with Gasteiger partial charge in [0, 0.05) is 25.7 Å². The van der Waals surface area contributed by atoms with Crippen molar-refractivity contribution in [3.05, 3.63) is 35.1 Å². The molecule has 0 aliphatic carbocycles. The number of imidazole rings is 1. The van der Waals surface area contributed by atoms with Gasteiger partial charge in [0.2, 0.25) is 5.95 Å². The van der Waals surface area contributed by atoms with Gasteiger partial charge in [-0.15, -0.1) is 0 Å². The second-order valence-electron chi connectivity index (χ2n) is 7.00. The highest BCUT2D eigenvalue weighted by Crippen LogP contribution is 2.30. The van der Waals surface area contributed by atoms with Gasteiger partial charge in [-0.2, -0.15) is 9.97 Å². The lowest BCUT2D eigenvalue weighted by Crippen LogP contribution is -2.34. The van der Waals surface area contributed by atoms with Crippen LogP contribution in [0.1, 0.15) is 31.4 Å². The highest BCUT2D eigenvalue weighted by atomic mass is 35.5. The van der Waals surface area contributed by atoms with E-state index in [1.54, 1.807) is 6.33 Å². The number of likely N-dealkylation sites (tertiary alicyclic amines) is 1. The molecule has 1 aliphatic rings. The van der Waals surface area contributed by atoms with Gasteiger partial charge >= 0.3 is 0 Å². The summed E-state index contributed by atoms with van der Waals surface area (Å²) in [7, 11) is 0. The van der Waals surface area contributed by atoms with Gasteiger partial charge in [0.15, 0.2) is 11.5 Å². The Hall–Kier alpha value is -2.58. The zero-order valence-electron chi connectivity index (χ0n) is 15.8. The first-order valence-electron chi connectivity index (χ1n) is 9.44. The summed E-state index contributed by atoms with van der Waals surface area (Å²) < 4.78 is 7.68. The van der Waals surface area contributed by atoms with Crippen molar-refractivity contribution in [2.75, 3.05) is 31.2 Å². The van der Waals surface area contributed by atoms with Crippen LogP contribution in [-0.4, -0.2) is 44.1 Å². The molecule has 8 nitrogen and oxygen atoms in total. The highest BCUT2D eigenvalue weighted by molar-refractivity contribution is 6.32. The number of halogens is 1. The summed E-state index contributed by atoms with van der Waals surface area (Å²) in [6, 6.07) is 6.31. The lowest BCUT2D eigenvalue weighted by atomic mass is 10.0. The molecule has 0 unspecified atom stereocenters. The molecule has 0 spiro atoms. The average Bonchev–Trinajstić information content (AvgIpc) is 3.09. The first-order chi connectivity index (χ1) is 13.5. The van der Waals surface area contributed by atoms with Crippen molar-refractivity contribution in [2.24, 2.45) is 0 Å². The lowest BCUT2D eigenvalue weighted by molar-refractivity contribution is 0.181. The molecule has 1 saturated heterocycles. The molecule has 4 rings (SSSR count). The standard InChI is InChI=1S/C19H24ClN7O/c1-2-28-15-9-12(3-4-14(15)20)10-26-7-5-13(6-8-26)27-11-23-16-17(21)24-19(22)25-18(16)27/h3-4,9,11,13H,2,5-8,10H2,1H3,(H4,21,22,24,25). The van der Waals surface area contributed by atoms with Gasteiger partial charge < -0.3 is 20.8 Å². The number of hydrogen-bond donors (Lipinski definition) is 2. The zero-order valence-corrected chi connectivity index (χ0v) is 16.6. The van der Waals surface area contributed by atoms with Gasteiger partial charge in [-0.25, -0.2) is 4.98 Å². The molecule has 148 valence electrons. The minimum absolute atomic E-state index is 0.178. The molecule has 0 atom stereocenters. The van der Waals surface area contributed by atoms with Crippen LogP contribution in [-0.2, 0) is 6.54 Å². The van der Waals surface area contributed by atoms with Crippen LogP contribution in [0.25, 0.3) is 11.2 Å². The number of anilines is 2. The largest absolute Gasteiger partial charge is 0.492 e. The fraction of sp³-hybridized carbons (Fsp3) is 0.421.